The summed E-state index contributed by atoms with van der Waals surface area (Å²) in [4.78, 5) is 17.9. The number of nitrogens with zero attached hydrogens (tertiary/aromatic N) is 3. The van der Waals surface area contributed by atoms with E-state index in [-0.39, 0.29) is 28.8 Å². The molecule has 4 aromatic rings. The average molecular weight is 627 g/mol. The number of ether oxygens (including phenoxy) is 1. The average Bonchev–Trinajstić information content (AvgIpc) is 3.49. The van der Waals surface area contributed by atoms with E-state index in [4.69, 9.17) is 4.74 Å². The lowest BCUT2D eigenvalue weighted by Crippen LogP contribution is -3.00. The molecule has 0 saturated carbocycles. The molecule has 0 radical (unpaired) electrons. The van der Waals surface area contributed by atoms with Crippen molar-refractivity contribution in [1.82, 2.24) is 4.57 Å². The Morgan fingerprint density at radius 2 is 1.76 bits per heavy atom. The van der Waals surface area contributed by atoms with E-state index in [0.29, 0.717) is 11.1 Å². The molecule has 0 aliphatic carbocycles. The highest BCUT2D eigenvalue weighted by Crippen LogP contribution is 2.41. The molecule has 3 aromatic carbocycles. The zero-order valence-corrected chi connectivity index (χ0v) is 25.5. The second-order valence-electron chi connectivity index (χ2n) is 9.81. The largest absolute Gasteiger partial charge is 1.00 e. The number of fused-ring (bicyclic) bond motifs is 2. The number of aromatic nitrogens is 1. The standard InChI is InChI=1S/C34H31N3O2S.BrH/c1-4-20-37-33(40-31(34(37)38)18-16-25-19-21-35(3)28-14-10-9-13-27(25)28)23-32-36(5-2)29-22-26(15-17-30(29)39-32)24-11-7-6-8-12-24;/h4,6-19,21-23,32H,1,5,20H2,2-3H3;1H/b25-16-,31-18-,33-23-;. The highest BCUT2D eigenvalue weighted by Gasteiger charge is 2.34. The lowest BCUT2D eigenvalue weighted by molar-refractivity contribution is -0.0000120. The topological polar surface area (TPSA) is 41.3 Å². The van der Waals surface area contributed by atoms with Gasteiger partial charge in [-0.25, -0.2) is 0 Å². The van der Waals surface area contributed by atoms with Crippen LogP contribution in [0.5, 0.6) is 5.75 Å². The van der Waals surface area contributed by atoms with Crippen LogP contribution in [-0.2, 0) is 6.54 Å². The van der Waals surface area contributed by atoms with E-state index >= 15 is 0 Å². The van der Waals surface area contributed by atoms with Crippen LogP contribution in [0, 0.1) is 0 Å². The van der Waals surface area contributed by atoms with Crippen molar-refractivity contribution < 1.29 is 21.7 Å². The van der Waals surface area contributed by atoms with Crippen LogP contribution in [0.2, 0.25) is 0 Å². The molecule has 1 aromatic heterocycles. The summed E-state index contributed by atoms with van der Waals surface area (Å²) in [6, 6.07) is 25.1. The van der Waals surface area contributed by atoms with Crippen molar-refractivity contribution in [3.63, 3.8) is 0 Å². The Morgan fingerprint density at radius 3 is 2.54 bits per heavy atom. The minimum Gasteiger partial charge on any atom is -1.00 e. The first-order valence-electron chi connectivity index (χ1n) is 13.5. The van der Waals surface area contributed by atoms with Crippen LogP contribution >= 0.6 is 11.3 Å². The van der Waals surface area contributed by atoms with E-state index in [1.54, 1.807) is 10.6 Å². The van der Waals surface area contributed by atoms with E-state index in [2.05, 4.69) is 90.1 Å². The molecule has 6 rings (SSSR count). The minimum absolute atomic E-state index is 0. The van der Waals surface area contributed by atoms with E-state index in [9.17, 15) is 4.79 Å². The van der Waals surface area contributed by atoms with Gasteiger partial charge >= 0.3 is 0 Å². The molecule has 1 N–H and O–H groups in total. The summed E-state index contributed by atoms with van der Waals surface area (Å²) in [5.41, 5.74) is 6.83. The van der Waals surface area contributed by atoms with Crippen LogP contribution in [-0.4, -0.2) is 29.1 Å². The smallest absolute Gasteiger partial charge is 0.288 e. The Balaban J connectivity index is 0.00000337. The quantitative estimate of drug-likeness (QED) is 0.244. The number of hydrogen-bond donors (Lipinski definition) is 0. The predicted molar refractivity (Wildman–Crippen MR) is 169 cm³/mol. The van der Waals surface area contributed by atoms with Gasteiger partial charge in [-0.15, -0.1) is 17.9 Å². The molecule has 7 heteroatoms. The van der Waals surface area contributed by atoms with Crippen LogP contribution < -0.4 is 41.5 Å². The van der Waals surface area contributed by atoms with Crippen molar-refractivity contribution in [3.8, 4) is 16.9 Å². The van der Waals surface area contributed by atoms with E-state index in [0.717, 1.165) is 39.5 Å². The number of para-hydroxylation sites is 1. The zero-order valence-electron chi connectivity index (χ0n) is 23.1. The molecule has 2 aliphatic heterocycles. The summed E-state index contributed by atoms with van der Waals surface area (Å²) in [5.74, 6) is 0.973. The predicted octanol–water partition coefficient (Wildman–Crippen LogP) is 2.48. The van der Waals surface area contributed by atoms with Gasteiger partial charge in [0, 0.05) is 43.7 Å². The van der Waals surface area contributed by atoms with Gasteiger partial charge in [0.2, 0.25) is 0 Å². The van der Waals surface area contributed by atoms with Crippen molar-refractivity contribution in [2.24, 2.45) is 0 Å². The van der Waals surface area contributed by atoms with Gasteiger partial charge in [-0.05, 0) is 54.0 Å². The molecule has 208 valence electrons. The molecule has 0 bridgehead atoms. The zero-order chi connectivity index (χ0) is 27.6. The SMILES string of the molecule is C=CCn1c(=O)/c(=C/C=C2/C=CN(C)c3ccccc32)s/c1=C\C1[OH+]c2ccc(-c3ccccc3)cc2N1CC.[Br-]. The first-order valence-corrected chi connectivity index (χ1v) is 14.3. The van der Waals surface area contributed by atoms with Crippen molar-refractivity contribution >= 4 is 40.4 Å². The Hall–Kier alpha value is -4.07. The molecule has 1 unspecified atom stereocenters. The third-order valence-electron chi connectivity index (χ3n) is 7.35. The van der Waals surface area contributed by atoms with E-state index in [1.807, 2.05) is 43.6 Å². The van der Waals surface area contributed by atoms with Crippen LogP contribution in [0.25, 0.3) is 28.9 Å². The molecule has 0 fully saturated rings. The third-order valence-corrected chi connectivity index (χ3v) is 8.45. The van der Waals surface area contributed by atoms with Gasteiger partial charge < -0.3 is 26.6 Å². The van der Waals surface area contributed by atoms with Gasteiger partial charge in [-0.2, -0.15) is 0 Å². The second kappa shape index (κ2) is 12.2. The normalized spacial score (nSPS) is 17.3. The minimum atomic E-state index is -0.185. The van der Waals surface area contributed by atoms with E-state index in [1.165, 1.54) is 22.5 Å². The van der Waals surface area contributed by atoms with Crippen molar-refractivity contribution in [3.05, 3.63) is 129 Å². The van der Waals surface area contributed by atoms with Crippen molar-refractivity contribution in [1.29, 1.82) is 0 Å². The molecule has 41 heavy (non-hydrogen) atoms. The number of thiazole rings is 1. The lowest BCUT2D eigenvalue weighted by atomic mass is 10.00. The van der Waals surface area contributed by atoms with E-state index < -0.39 is 0 Å². The van der Waals surface area contributed by atoms with Gasteiger partial charge in [0.15, 0.2) is 0 Å². The lowest BCUT2D eigenvalue weighted by Gasteiger charge is -2.23. The summed E-state index contributed by atoms with van der Waals surface area (Å²) in [6.07, 6.45) is 11.8. The molecule has 0 saturated heterocycles. The summed E-state index contributed by atoms with van der Waals surface area (Å²) in [6.45, 7) is 7.29. The number of anilines is 2. The first kappa shape index (κ1) is 28.5. The summed E-state index contributed by atoms with van der Waals surface area (Å²) < 4.78 is 8.40. The molecule has 0 spiro atoms. The fourth-order valence-corrected chi connectivity index (χ4v) is 6.33. The van der Waals surface area contributed by atoms with Crippen LogP contribution in [0.1, 0.15) is 12.5 Å². The van der Waals surface area contributed by atoms with Gasteiger partial charge in [-0.1, -0.05) is 60.7 Å². The maximum atomic E-state index is 13.5. The highest BCUT2D eigenvalue weighted by atomic mass is 79.9. The Labute approximate surface area is 254 Å². The highest BCUT2D eigenvalue weighted by molar-refractivity contribution is 7.07. The van der Waals surface area contributed by atoms with Crippen LogP contribution in [0.4, 0.5) is 11.4 Å². The summed E-state index contributed by atoms with van der Waals surface area (Å²) >= 11 is 1.50. The summed E-state index contributed by atoms with van der Waals surface area (Å²) in [5, 5.41) is 0. The number of hydrogen-bond acceptors (Lipinski definition) is 4. The second-order valence-corrected chi connectivity index (χ2v) is 10.9. The molecule has 1 atom stereocenters. The molecular weight excluding hydrogens is 594 g/mol. The maximum absolute atomic E-state index is 13.5. The molecular formula is C34H32BrN3O2S. The van der Waals surface area contributed by atoms with Crippen LogP contribution in [0.15, 0.2) is 109 Å². The fraction of sp³-hybridized carbons (Fsp3) is 0.147. The summed E-state index contributed by atoms with van der Waals surface area (Å²) in [7, 11) is 2.04. The van der Waals surface area contributed by atoms with Crippen LogP contribution in [0.3, 0.4) is 0 Å². The first-order chi connectivity index (χ1) is 19.6. The Kier molecular flexibility index (Phi) is 8.47. The Morgan fingerprint density at radius 1 is 0.976 bits per heavy atom. The number of aromatic hydroxyl groups is 1. The number of allylic oxidation sites excluding steroid dienone is 4. The number of rotatable bonds is 6. The van der Waals surface area contributed by atoms with Crippen molar-refractivity contribution in [2.45, 2.75) is 19.7 Å². The molecule has 0 amide bonds. The Bertz CT molecular complexity index is 1820. The monoisotopic (exact) mass is 625 g/mol. The fourth-order valence-electron chi connectivity index (χ4n) is 5.31. The van der Waals surface area contributed by atoms with Gasteiger partial charge in [0.25, 0.3) is 17.5 Å². The number of aliphatic hydroxyl groups is 1. The van der Waals surface area contributed by atoms with Gasteiger partial charge in [0.1, 0.15) is 10.4 Å². The maximum Gasteiger partial charge on any atom is 0.288 e. The van der Waals surface area contributed by atoms with Crippen molar-refractivity contribution in [2.75, 3.05) is 23.4 Å². The number of halogens is 1. The molecule has 3 heterocycles. The number of benzene rings is 3. The van der Waals surface area contributed by atoms with Gasteiger partial charge in [0.05, 0.1) is 10.6 Å². The molecule has 2 aliphatic rings. The molecule has 5 nitrogen and oxygen atoms in total. The van der Waals surface area contributed by atoms with Gasteiger partial charge in [-0.3, -0.25) is 14.3 Å². The third kappa shape index (κ3) is 5.47.